The molecule has 1 aromatic carbocycles. The van der Waals surface area contributed by atoms with Gasteiger partial charge in [-0.25, -0.2) is 9.67 Å². The molecule has 0 saturated carbocycles. The van der Waals surface area contributed by atoms with Gasteiger partial charge in [0.25, 0.3) is 0 Å². The molecule has 2 unspecified atom stereocenters. The Kier molecular flexibility index (Phi) is 5.65. The molecule has 1 aromatic heterocycles. The van der Waals surface area contributed by atoms with Gasteiger partial charge in [0.2, 0.25) is 5.91 Å². The SMILES string of the molecule is COc1ccccc1C(CNC(=O)C(C)n1cncn1)N1CCCC1. The number of rotatable bonds is 7. The van der Waals surface area contributed by atoms with Crippen molar-refractivity contribution in [1.82, 2.24) is 25.0 Å². The first-order valence-electron chi connectivity index (χ1n) is 8.69. The quantitative estimate of drug-likeness (QED) is 0.830. The van der Waals surface area contributed by atoms with E-state index in [0.29, 0.717) is 6.54 Å². The number of benzene rings is 1. The number of ether oxygens (including phenoxy) is 1. The highest BCUT2D eigenvalue weighted by atomic mass is 16.5. The molecular weight excluding hydrogens is 318 g/mol. The number of likely N-dealkylation sites (tertiary alicyclic amines) is 1. The zero-order valence-corrected chi connectivity index (χ0v) is 14.8. The molecule has 1 saturated heterocycles. The van der Waals surface area contributed by atoms with Crippen molar-refractivity contribution in [2.45, 2.75) is 31.8 Å². The van der Waals surface area contributed by atoms with Crippen LogP contribution in [-0.4, -0.2) is 52.3 Å². The van der Waals surface area contributed by atoms with Gasteiger partial charge in [0.05, 0.1) is 13.2 Å². The summed E-state index contributed by atoms with van der Waals surface area (Å²) in [6.07, 6.45) is 5.37. The molecule has 1 amide bonds. The molecule has 2 atom stereocenters. The molecule has 7 heteroatoms. The highest BCUT2D eigenvalue weighted by Crippen LogP contribution is 2.31. The smallest absolute Gasteiger partial charge is 0.244 e. The van der Waals surface area contributed by atoms with Crippen molar-refractivity contribution in [2.75, 3.05) is 26.7 Å². The van der Waals surface area contributed by atoms with Gasteiger partial charge in [-0.1, -0.05) is 18.2 Å². The van der Waals surface area contributed by atoms with E-state index < -0.39 is 0 Å². The average Bonchev–Trinajstić information content (AvgIpc) is 3.35. The third-order valence-electron chi connectivity index (χ3n) is 4.76. The summed E-state index contributed by atoms with van der Waals surface area (Å²) in [5.41, 5.74) is 1.11. The van der Waals surface area contributed by atoms with Gasteiger partial charge in [-0.15, -0.1) is 0 Å². The van der Waals surface area contributed by atoms with Crippen LogP contribution in [-0.2, 0) is 4.79 Å². The van der Waals surface area contributed by atoms with Crippen LogP contribution in [0.4, 0.5) is 0 Å². The Labute approximate surface area is 148 Å². The van der Waals surface area contributed by atoms with Crippen LogP contribution in [0.3, 0.4) is 0 Å². The highest BCUT2D eigenvalue weighted by Gasteiger charge is 2.27. The second kappa shape index (κ2) is 8.11. The van der Waals surface area contributed by atoms with Gasteiger partial charge in [-0.2, -0.15) is 5.10 Å². The van der Waals surface area contributed by atoms with Crippen molar-refractivity contribution in [1.29, 1.82) is 0 Å². The summed E-state index contributed by atoms with van der Waals surface area (Å²) in [6.45, 7) is 4.44. The molecule has 3 rings (SSSR count). The number of aromatic nitrogens is 3. The minimum atomic E-state index is -0.389. The first-order chi connectivity index (χ1) is 12.2. The summed E-state index contributed by atoms with van der Waals surface area (Å²) in [4.78, 5) is 18.8. The highest BCUT2D eigenvalue weighted by molar-refractivity contribution is 5.79. The third kappa shape index (κ3) is 3.99. The van der Waals surface area contributed by atoms with Crippen LogP contribution in [0, 0.1) is 0 Å². The predicted molar refractivity (Wildman–Crippen MR) is 94.3 cm³/mol. The van der Waals surface area contributed by atoms with Crippen LogP contribution >= 0.6 is 0 Å². The Morgan fingerprint density at radius 2 is 2.08 bits per heavy atom. The van der Waals surface area contributed by atoms with Crippen molar-refractivity contribution in [3.63, 3.8) is 0 Å². The molecule has 1 N–H and O–H groups in total. The van der Waals surface area contributed by atoms with Gasteiger partial charge in [-0.3, -0.25) is 9.69 Å². The second-order valence-electron chi connectivity index (χ2n) is 6.30. The summed E-state index contributed by atoms with van der Waals surface area (Å²) in [5, 5.41) is 7.11. The van der Waals surface area contributed by atoms with Gasteiger partial charge >= 0.3 is 0 Å². The number of methoxy groups -OCH3 is 1. The monoisotopic (exact) mass is 343 g/mol. The number of para-hydroxylation sites is 1. The fourth-order valence-electron chi connectivity index (χ4n) is 3.31. The van der Waals surface area contributed by atoms with Crippen LogP contribution < -0.4 is 10.1 Å². The fraction of sp³-hybridized carbons (Fsp3) is 0.500. The number of nitrogens with zero attached hydrogens (tertiary/aromatic N) is 4. The molecule has 2 aromatic rings. The minimum absolute atomic E-state index is 0.0652. The molecule has 1 aliphatic heterocycles. The van der Waals surface area contributed by atoms with E-state index in [1.165, 1.54) is 19.2 Å². The van der Waals surface area contributed by atoms with E-state index in [-0.39, 0.29) is 18.0 Å². The fourth-order valence-corrected chi connectivity index (χ4v) is 3.31. The number of amides is 1. The van der Waals surface area contributed by atoms with E-state index in [1.54, 1.807) is 18.1 Å². The zero-order valence-electron chi connectivity index (χ0n) is 14.8. The largest absolute Gasteiger partial charge is 0.496 e. The van der Waals surface area contributed by atoms with E-state index in [9.17, 15) is 4.79 Å². The van der Waals surface area contributed by atoms with Gasteiger partial charge < -0.3 is 10.1 Å². The topological polar surface area (TPSA) is 72.3 Å². The number of hydrogen-bond acceptors (Lipinski definition) is 5. The van der Waals surface area contributed by atoms with Gasteiger partial charge in [0, 0.05) is 12.1 Å². The molecule has 0 radical (unpaired) electrons. The van der Waals surface area contributed by atoms with Crippen molar-refractivity contribution in [3.8, 4) is 5.75 Å². The first kappa shape index (κ1) is 17.4. The molecule has 134 valence electrons. The third-order valence-corrected chi connectivity index (χ3v) is 4.76. The van der Waals surface area contributed by atoms with Gasteiger partial charge in [-0.05, 0) is 38.9 Å². The van der Waals surface area contributed by atoms with Crippen LogP contribution in [0.2, 0.25) is 0 Å². The Balaban J connectivity index is 1.73. The Bertz CT molecular complexity index is 683. The van der Waals surface area contributed by atoms with Crippen molar-refractivity contribution < 1.29 is 9.53 Å². The molecule has 1 fully saturated rings. The van der Waals surface area contributed by atoms with E-state index in [1.807, 2.05) is 25.1 Å². The lowest BCUT2D eigenvalue weighted by Gasteiger charge is -2.29. The predicted octanol–water partition coefficient (Wildman–Crippen LogP) is 1.80. The summed E-state index contributed by atoms with van der Waals surface area (Å²) in [7, 11) is 1.69. The van der Waals surface area contributed by atoms with E-state index in [2.05, 4.69) is 26.4 Å². The van der Waals surface area contributed by atoms with Crippen LogP contribution in [0.15, 0.2) is 36.9 Å². The molecular formula is C18H25N5O2. The number of carbonyl (C=O) groups is 1. The second-order valence-corrected chi connectivity index (χ2v) is 6.30. The van der Waals surface area contributed by atoms with Crippen LogP contribution in [0.25, 0.3) is 0 Å². The lowest BCUT2D eigenvalue weighted by molar-refractivity contribution is -0.124. The Morgan fingerprint density at radius 1 is 1.32 bits per heavy atom. The lowest BCUT2D eigenvalue weighted by Crippen LogP contribution is -2.39. The van der Waals surface area contributed by atoms with Gasteiger partial charge in [0.1, 0.15) is 24.4 Å². The molecule has 1 aliphatic rings. The molecule has 0 aliphatic carbocycles. The lowest BCUT2D eigenvalue weighted by atomic mass is 10.0. The Morgan fingerprint density at radius 3 is 2.76 bits per heavy atom. The standard InChI is InChI=1S/C18H25N5O2/c1-14(23-13-19-12-21-23)18(24)20-11-16(22-9-5-6-10-22)15-7-3-4-8-17(15)25-2/h3-4,7-8,12-14,16H,5-6,9-11H2,1-2H3,(H,20,24). The van der Waals surface area contributed by atoms with Crippen LogP contribution in [0.5, 0.6) is 5.75 Å². The van der Waals surface area contributed by atoms with Crippen molar-refractivity contribution in [2.24, 2.45) is 0 Å². The Hall–Kier alpha value is -2.41. The molecule has 0 bridgehead atoms. The number of nitrogens with one attached hydrogen (secondary N) is 1. The maximum absolute atomic E-state index is 12.5. The van der Waals surface area contributed by atoms with Crippen molar-refractivity contribution >= 4 is 5.91 Å². The first-order valence-corrected chi connectivity index (χ1v) is 8.69. The maximum atomic E-state index is 12.5. The summed E-state index contributed by atoms with van der Waals surface area (Å²) in [5.74, 6) is 0.794. The molecule has 0 spiro atoms. The molecule has 2 heterocycles. The van der Waals surface area contributed by atoms with Crippen LogP contribution in [0.1, 0.15) is 37.4 Å². The molecule has 25 heavy (non-hydrogen) atoms. The number of carbonyl (C=O) groups excluding carboxylic acids is 1. The van der Waals surface area contributed by atoms with Gasteiger partial charge in [0.15, 0.2) is 0 Å². The maximum Gasteiger partial charge on any atom is 0.244 e. The normalized spacial score (nSPS) is 17.2. The van der Waals surface area contributed by atoms with E-state index in [4.69, 9.17) is 4.74 Å². The minimum Gasteiger partial charge on any atom is -0.496 e. The van der Waals surface area contributed by atoms with Crippen molar-refractivity contribution in [3.05, 3.63) is 42.5 Å². The average molecular weight is 343 g/mol. The summed E-state index contributed by atoms with van der Waals surface area (Å²) >= 11 is 0. The number of hydrogen-bond donors (Lipinski definition) is 1. The summed E-state index contributed by atoms with van der Waals surface area (Å²) < 4.78 is 7.10. The van der Waals surface area contributed by atoms with E-state index in [0.717, 1.165) is 24.4 Å². The summed E-state index contributed by atoms with van der Waals surface area (Å²) in [6, 6.07) is 7.74. The van der Waals surface area contributed by atoms with E-state index >= 15 is 0 Å². The molecule has 7 nitrogen and oxygen atoms in total. The zero-order chi connectivity index (χ0) is 17.6.